The molecule has 0 spiro atoms. The van der Waals surface area contributed by atoms with Crippen molar-refractivity contribution in [2.75, 3.05) is 42.7 Å². The Kier molecular flexibility index (Phi) is 6.72. The smallest absolute Gasteiger partial charge is 0.321 e. The number of amides is 3. The van der Waals surface area contributed by atoms with E-state index >= 15 is 0 Å². The molecule has 10 heteroatoms. The van der Waals surface area contributed by atoms with Gasteiger partial charge in [0.25, 0.3) is 5.91 Å². The number of nitrogens with zero attached hydrogens (tertiary/aromatic N) is 5. The van der Waals surface area contributed by atoms with E-state index in [0.29, 0.717) is 16.8 Å². The highest BCUT2D eigenvalue weighted by Crippen LogP contribution is 2.27. The van der Waals surface area contributed by atoms with E-state index in [1.54, 1.807) is 32.7 Å². The van der Waals surface area contributed by atoms with Crippen molar-refractivity contribution in [2.24, 2.45) is 5.92 Å². The summed E-state index contributed by atoms with van der Waals surface area (Å²) in [6, 6.07) is 11.1. The normalized spacial score (nSPS) is 14.0. The number of piperidine rings is 1. The minimum absolute atomic E-state index is 0.240. The van der Waals surface area contributed by atoms with Crippen LogP contribution in [0.5, 0.6) is 0 Å². The number of fused-ring (bicyclic) bond motifs is 1. The van der Waals surface area contributed by atoms with Crippen molar-refractivity contribution in [1.29, 1.82) is 0 Å². The number of carbonyl (C=O) groups excluding carboxylic acids is 2. The van der Waals surface area contributed by atoms with Gasteiger partial charge in [-0.15, -0.1) is 0 Å². The molecular formula is C27H30N8O2. The van der Waals surface area contributed by atoms with E-state index in [-0.39, 0.29) is 17.6 Å². The van der Waals surface area contributed by atoms with Crippen LogP contribution in [0.15, 0.2) is 55.0 Å². The Morgan fingerprint density at radius 3 is 2.51 bits per heavy atom. The lowest BCUT2D eigenvalue weighted by Gasteiger charge is -2.31. The van der Waals surface area contributed by atoms with Gasteiger partial charge in [0.2, 0.25) is 0 Å². The molecule has 3 aromatic heterocycles. The van der Waals surface area contributed by atoms with E-state index in [4.69, 9.17) is 0 Å². The Morgan fingerprint density at radius 1 is 0.973 bits per heavy atom. The van der Waals surface area contributed by atoms with E-state index in [9.17, 15) is 9.59 Å². The monoisotopic (exact) mass is 498 g/mol. The van der Waals surface area contributed by atoms with Gasteiger partial charge in [-0.05, 0) is 54.7 Å². The van der Waals surface area contributed by atoms with Gasteiger partial charge in [-0.1, -0.05) is 13.0 Å². The highest BCUT2D eigenvalue weighted by atomic mass is 16.2. The Labute approximate surface area is 215 Å². The predicted octanol–water partition coefficient (Wildman–Crippen LogP) is 4.60. The lowest BCUT2D eigenvalue weighted by molar-refractivity contribution is 0.102. The topological polar surface area (TPSA) is 119 Å². The van der Waals surface area contributed by atoms with Crippen LogP contribution in [0.3, 0.4) is 0 Å². The SMILES string of the molecule is CC1CCN(c2ccc(NC(=O)c3n[nH]c4ccc(-c5cncc(NC(=O)N(C)C)c5)cc34)cn2)CC1. The van der Waals surface area contributed by atoms with Gasteiger partial charge in [0.1, 0.15) is 5.82 Å². The van der Waals surface area contributed by atoms with Crippen molar-refractivity contribution in [3.63, 3.8) is 0 Å². The molecular weight excluding hydrogens is 468 g/mol. The third kappa shape index (κ3) is 5.37. The highest BCUT2D eigenvalue weighted by Gasteiger charge is 2.18. The Hall–Kier alpha value is -4.47. The molecule has 0 aliphatic carbocycles. The maximum absolute atomic E-state index is 13.1. The molecule has 1 fully saturated rings. The molecule has 1 saturated heterocycles. The number of urea groups is 1. The fraction of sp³-hybridized carbons (Fsp3) is 0.296. The number of hydrogen-bond donors (Lipinski definition) is 3. The molecule has 0 bridgehead atoms. The molecule has 190 valence electrons. The van der Waals surface area contributed by atoms with Gasteiger partial charge in [-0.25, -0.2) is 9.78 Å². The molecule has 0 radical (unpaired) electrons. The van der Waals surface area contributed by atoms with Crippen molar-refractivity contribution >= 4 is 40.0 Å². The summed E-state index contributed by atoms with van der Waals surface area (Å²) in [7, 11) is 3.34. The lowest BCUT2D eigenvalue weighted by atomic mass is 9.99. The van der Waals surface area contributed by atoms with Crippen molar-refractivity contribution in [1.82, 2.24) is 25.1 Å². The standard InChI is InChI=1S/C27H30N8O2/c1-17-8-10-35(11-9-17)24-7-5-20(16-29-24)30-26(36)25-22-13-18(4-6-23(22)32-33-25)19-12-21(15-28-14-19)31-27(37)34(2)3/h4-7,12-17H,8-11H2,1-3H3,(H,30,36)(H,31,37)(H,32,33). The molecule has 0 saturated carbocycles. The highest BCUT2D eigenvalue weighted by molar-refractivity contribution is 6.11. The van der Waals surface area contributed by atoms with Crippen LogP contribution in [-0.4, -0.2) is 64.2 Å². The van der Waals surface area contributed by atoms with Gasteiger partial charge in [-0.2, -0.15) is 5.10 Å². The molecule has 0 atom stereocenters. The maximum Gasteiger partial charge on any atom is 0.321 e. The summed E-state index contributed by atoms with van der Waals surface area (Å²) >= 11 is 0. The summed E-state index contributed by atoms with van der Waals surface area (Å²) in [5, 5.41) is 13.6. The van der Waals surface area contributed by atoms with Gasteiger partial charge >= 0.3 is 6.03 Å². The molecule has 4 heterocycles. The van der Waals surface area contributed by atoms with Crippen LogP contribution in [0.1, 0.15) is 30.3 Å². The summed E-state index contributed by atoms with van der Waals surface area (Å²) in [6.07, 6.45) is 7.32. The van der Waals surface area contributed by atoms with Gasteiger partial charge < -0.3 is 20.4 Å². The summed E-state index contributed by atoms with van der Waals surface area (Å²) < 4.78 is 0. The number of pyridine rings is 2. The third-order valence-electron chi connectivity index (χ3n) is 6.62. The fourth-order valence-corrected chi connectivity index (χ4v) is 4.34. The molecule has 0 unspecified atom stereocenters. The van der Waals surface area contributed by atoms with Crippen LogP contribution in [0.2, 0.25) is 0 Å². The lowest BCUT2D eigenvalue weighted by Crippen LogP contribution is -2.33. The number of aromatic amines is 1. The van der Waals surface area contributed by atoms with E-state index in [0.717, 1.165) is 41.5 Å². The first-order valence-electron chi connectivity index (χ1n) is 12.3. The third-order valence-corrected chi connectivity index (χ3v) is 6.62. The summed E-state index contributed by atoms with van der Waals surface area (Å²) in [4.78, 5) is 37.7. The summed E-state index contributed by atoms with van der Waals surface area (Å²) in [5.74, 6) is 1.36. The molecule has 5 rings (SSSR count). The number of anilines is 3. The summed E-state index contributed by atoms with van der Waals surface area (Å²) in [6.45, 7) is 4.29. The van der Waals surface area contributed by atoms with Crippen LogP contribution in [0, 0.1) is 5.92 Å². The van der Waals surface area contributed by atoms with Crippen molar-refractivity contribution in [3.8, 4) is 11.1 Å². The number of nitrogens with one attached hydrogen (secondary N) is 3. The van der Waals surface area contributed by atoms with E-state index < -0.39 is 0 Å². The Bertz CT molecular complexity index is 1420. The maximum atomic E-state index is 13.1. The molecule has 1 aliphatic heterocycles. The minimum atomic E-state index is -0.324. The van der Waals surface area contributed by atoms with Gasteiger partial charge in [0, 0.05) is 44.3 Å². The van der Waals surface area contributed by atoms with Crippen LogP contribution in [0.25, 0.3) is 22.0 Å². The van der Waals surface area contributed by atoms with Gasteiger partial charge in [0.05, 0.1) is 29.3 Å². The average molecular weight is 499 g/mol. The largest absolute Gasteiger partial charge is 0.357 e. The van der Waals surface area contributed by atoms with Crippen LogP contribution in [0.4, 0.5) is 22.0 Å². The molecule has 1 aliphatic rings. The van der Waals surface area contributed by atoms with E-state index in [1.807, 2.05) is 36.4 Å². The van der Waals surface area contributed by atoms with E-state index in [2.05, 4.69) is 42.6 Å². The number of rotatable bonds is 5. The number of hydrogen-bond acceptors (Lipinski definition) is 6. The average Bonchev–Trinajstić information content (AvgIpc) is 3.33. The number of aromatic nitrogens is 4. The predicted molar refractivity (Wildman–Crippen MR) is 145 cm³/mol. The zero-order valence-corrected chi connectivity index (χ0v) is 21.2. The first-order valence-corrected chi connectivity index (χ1v) is 12.3. The van der Waals surface area contributed by atoms with Crippen LogP contribution in [-0.2, 0) is 0 Å². The minimum Gasteiger partial charge on any atom is -0.357 e. The number of benzene rings is 1. The Morgan fingerprint density at radius 2 is 1.78 bits per heavy atom. The molecule has 37 heavy (non-hydrogen) atoms. The first-order chi connectivity index (χ1) is 17.9. The second-order valence-corrected chi connectivity index (χ2v) is 9.65. The molecule has 4 aromatic rings. The van der Waals surface area contributed by atoms with Crippen molar-refractivity contribution < 1.29 is 9.59 Å². The van der Waals surface area contributed by atoms with Crippen LogP contribution >= 0.6 is 0 Å². The van der Waals surface area contributed by atoms with E-state index in [1.165, 1.54) is 17.7 Å². The summed E-state index contributed by atoms with van der Waals surface area (Å²) in [5.41, 5.74) is 3.87. The van der Waals surface area contributed by atoms with Crippen molar-refractivity contribution in [2.45, 2.75) is 19.8 Å². The van der Waals surface area contributed by atoms with Gasteiger partial charge in [0.15, 0.2) is 5.69 Å². The quantitative estimate of drug-likeness (QED) is 0.370. The Balaban J connectivity index is 1.33. The zero-order chi connectivity index (χ0) is 25.9. The number of carbonyl (C=O) groups is 2. The molecule has 3 amide bonds. The first kappa shape index (κ1) is 24.2. The zero-order valence-electron chi connectivity index (χ0n) is 21.2. The molecule has 10 nitrogen and oxygen atoms in total. The van der Waals surface area contributed by atoms with Gasteiger partial charge in [-0.3, -0.25) is 14.9 Å². The van der Waals surface area contributed by atoms with Crippen LogP contribution < -0.4 is 15.5 Å². The fourth-order valence-electron chi connectivity index (χ4n) is 4.34. The molecule has 1 aromatic carbocycles. The molecule has 3 N–H and O–H groups in total. The number of H-pyrrole nitrogens is 1. The second-order valence-electron chi connectivity index (χ2n) is 9.65. The second kappa shape index (κ2) is 10.3. The van der Waals surface area contributed by atoms with Crippen molar-refractivity contribution in [3.05, 3.63) is 60.7 Å².